The highest BCUT2D eigenvalue weighted by Gasteiger charge is 2.13. The molecule has 6 heteroatoms. The molecule has 1 aromatic carbocycles. The van der Waals surface area contributed by atoms with Crippen LogP contribution in [0.1, 0.15) is 44.1 Å². The zero-order valence-electron chi connectivity index (χ0n) is 13.6. The largest absolute Gasteiger partial charge is 0.370 e. The molecule has 0 aromatic heterocycles. The van der Waals surface area contributed by atoms with E-state index in [9.17, 15) is 4.79 Å². The SMILES string of the molecule is Cc1ccc(Br)cc1NC(=O)CCN=C(N)NC1CCCCC1. The Bertz CT molecular complexity index is 568. The molecule has 1 aliphatic rings. The first-order chi connectivity index (χ1) is 11.0. The van der Waals surface area contributed by atoms with Crippen molar-refractivity contribution in [3.63, 3.8) is 0 Å². The minimum absolute atomic E-state index is 0.0552. The van der Waals surface area contributed by atoms with Gasteiger partial charge >= 0.3 is 0 Å². The van der Waals surface area contributed by atoms with E-state index < -0.39 is 0 Å². The van der Waals surface area contributed by atoms with E-state index in [4.69, 9.17) is 5.73 Å². The smallest absolute Gasteiger partial charge is 0.226 e. The molecule has 0 heterocycles. The first kappa shape index (κ1) is 17.8. The third-order valence-corrected chi connectivity index (χ3v) is 4.55. The van der Waals surface area contributed by atoms with Crippen LogP contribution in [0.2, 0.25) is 0 Å². The second-order valence-electron chi connectivity index (χ2n) is 6.00. The van der Waals surface area contributed by atoms with E-state index in [0.29, 0.717) is 25.0 Å². The van der Waals surface area contributed by atoms with Crippen LogP contribution in [0.3, 0.4) is 0 Å². The Morgan fingerprint density at radius 3 is 2.83 bits per heavy atom. The van der Waals surface area contributed by atoms with Crippen molar-refractivity contribution >= 4 is 33.5 Å². The van der Waals surface area contributed by atoms with Gasteiger partial charge in [0.2, 0.25) is 5.91 Å². The molecule has 0 unspecified atom stereocenters. The maximum atomic E-state index is 12.0. The van der Waals surface area contributed by atoms with Crippen molar-refractivity contribution in [1.29, 1.82) is 0 Å². The highest BCUT2D eigenvalue weighted by molar-refractivity contribution is 9.10. The number of guanidine groups is 1. The maximum Gasteiger partial charge on any atom is 0.226 e. The number of hydrogen-bond acceptors (Lipinski definition) is 2. The molecule has 0 aliphatic heterocycles. The van der Waals surface area contributed by atoms with Gasteiger partial charge in [0.15, 0.2) is 5.96 Å². The number of amides is 1. The van der Waals surface area contributed by atoms with Crippen LogP contribution in [-0.4, -0.2) is 24.5 Å². The fraction of sp³-hybridized carbons (Fsp3) is 0.529. The number of benzene rings is 1. The van der Waals surface area contributed by atoms with Crippen molar-refractivity contribution in [3.8, 4) is 0 Å². The highest BCUT2D eigenvalue weighted by atomic mass is 79.9. The average Bonchev–Trinajstić information content (AvgIpc) is 2.52. The summed E-state index contributed by atoms with van der Waals surface area (Å²) in [5, 5.41) is 6.16. The van der Waals surface area contributed by atoms with Crippen LogP contribution in [0.15, 0.2) is 27.7 Å². The molecule has 4 N–H and O–H groups in total. The van der Waals surface area contributed by atoms with Crippen molar-refractivity contribution in [2.24, 2.45) is 10.7 Å². The number of carbonyl (C=O) groups is 1. The minimum Gasteiger partial charge on any atom is -0.370 e. The summed E-state index contributed by atoms with van der Waals surface area (Å²) >= 11 is 3.41. The van der Waals surface area contributed by atoms with Gasteiger partial charge in [-0.05, 0) is 37.5 Å². The Kier molecular flexibility index (Phi) is 6.89. The molecular formula is C17H25BrN4O. The van der Waals surface area contributed by atoms with E-state index in [-0.39, 0.29) is 5.91 Å². The lowest BCUT2D eigenvalue weighted by atomic mass is 9.96. The molecule has 1 amide bonds. The van der Waals surface area contributed by atoms with Gasteiger partial charge in [0.25, 0.3) is 0 Å². The number of rotatable bonds is 5. The predicted octanol–water partition coefficient (Wildman–Crippen LogP) is 3.32. The van der Waals surface area contributed by atoms with Crippen LogP contribution in [0, 0.1) is 6.92 Å². The van der Waals surface area contributed by atoms with E-state index in [1.807, 2.05) is 25.1 Å². The van der Waals surface area contributed by atoms with Gasteiger partial charge in [0.1, 0.15) is 0 Å². The zero-order chi connectivity index (χ0) is 16.7. The monoisotopic (exact) mass is 380 g/mol. The van der Waals surface area contributed by atoms with E-state index >= 15 is 0 Å². The number of nitrogens with one attached hydrogen (secondary N) is 2. The standard InChI is InChI=1S/C17H25BrN4O/c1-12-7-8-13(18)11-15(12)22-16(23)9-10-20-17(19)21-14-5-3-2-4-6-14/h7-8,11,14H,2-6,9-10H2,1H3,(H,22,23)(H3,19,20,21). The van der Waals surface area contributed by atoms with Crippen molar-refractivity contribution in [2.75, 3.05) is 11.9 Å². The van der Waals surface area contributed by atoms with E-state index in [0.717, 1.165) is 28.6 Å². The molecule has 0 atom stereocenters. The molecule has 0 spiro atoms. The summed E-state index contributed by atoms with van der Waals surface area (Å²) in [6.07, 6.45) is 6.43. The van der Waals surface area contributed by atoms with E-state index in [1.165, 1.54) is 19.3 Å². The summed E-state index contributed by atoms with van der Waals surface area (Å²) in [6.45, 7) is 2.36. The molecule has 2 rings (SSSR count). The molecule has 1 saturated carbocycles. The second kappa shape index (κ2) is 8.91. The highest BCUT2D eigenvalue weighted by Crippen LogP contribution is 2.20. The molecule has 0 bridgehead atoms. The van der Waals surface area contributed by atoms with Crippen LogP contribution < -0.4 is 16.4 Å². The Morgan fingerprint density at radius 1 is 1.35 bits per heavy atom. The maximum absolute atomic E-state index is 12.0. The molecule has 1 aromatic rings. The normalized spacial score (nSPS) is 16.2. The van der Waals surface area contributed by atoms with Crippen molar-refractivity contribution in [1.82, 2.24) is 5.32 Å². The molecule has 23 heavy (non-hydrogen) atoms. The number of halogens is 1. The number of nitrogens with two attached hydrogens (primary N) is 1. The van der Waals surface area contributed by atoms with Crippen LogP contribution >= 0.6 is 15.9 Å². The molecule has 1 fully saturated rings. The average molecular weight is 381 g/mol. The lowest BCUT2D eigenvalue weighted by molar-refractivity contribution is -0.116. The van der Waals surface area contributed by atoms with E-state index in [2.05, 4.69) is 31.6 Å². The minimum atomic E-state index is -0.0552. The van der Waals surface area contributed by atoms with Gasteiger partial charge in [0.05, 0.1) is 6.54 Å². The fourth-order valence-electron chi connectivity index (χ4n) is 2.72. The molecular weight excluding hydrogens is 356 g/mol. The number of anilines is 1. The Hall–Kier alpha value is -1.56. The quantitative estimate of drug-likeness (QED) is 0.541. The van der Waals surface area contributed by atoms with Gasteiger partial charge in [-0.1, -0.05) is 41.3 Å². The fourth-order valence-corrected chi connectivity index (χ4v) is 3.08. The molecule has 5 nitrogen and oxygen atoms in total. The summed E-state index contributed by atoms with van der Waals surface area (Å²) < 4.78 is 0.942. The van der Waals surface area contributed by atoms with Gasteiger partial charge < -0.3 is 16.4 Å². The Balaban J connectivity index is 1.75. The van der Waals surface area contributed by atoms with Crippen LogP contribution in [-0.2, 0) is 4.79 Å². The number of aliphatic imine (C=N–C) groups is 1. The summed E-state index contributed by atoms with van der Waals surface area (Å²) in [5.74, 6) is 0.392. The lowest BCUT2D eigenvalue weighted by Gasteiger charge is -2.23. The Morgan fingerprint density at radius 2 is 2.09 bits per heavy atom. The zero-order valence-corrected chi connectivity index (χ0v) is 15.2. The number of aryl methyl sites for hydroxylation is 1. The van der Waals surface area contributed by atoms with Crippen molar-refractivity contribution in [2.45, 2.75) is 51.5 Å². The Labute approximate surface area is 146 Å². The molecule has 126 valence electrons. The van der Waals surface area contributed by atoms with Gasteiger partial charge in [-0.25, -0.2) is 0 Å². The van der Waals surface area contributed by atoms with Gasteiger partial charge in [0, 0.05) is 22.6 Å². The van der Waals surface area contributed by atoms with E-state index in [1.54, 1.807) is 0 Å². The van der Waals surface area contributed by atoms with Crippen molar-refractivity contribution < 1.29 is 4.79 Å². The molecule has 1 aliphatic carbocycles. The third kappa shape index (κ3) is 6.22. The summed E-state index contributed by atoms with van der Waals surface area (Å²) in [6, 6.07) is 6.25. The predicted molar refractivity (Wildman–Crippen MR) is 98.6 cm³/mol. The topological polar surface area (TPSA) is 79.5 Å². The molecule has 0 radical (unpaired) electrons. The first-order valence-corrected chi connectivity index (χ1v) is 8.96. The van der Waals surface area contributed by atoms with Gasteiger partial charge in [-0.15, -0.1) is 0 Å². The van der Waals surface area contributed by atoms with Crippen LogP contribution in [0.25, 0.3) is 0 Å². The second-order valence-corrected chi connectivity index (χ2v) is 6.92. The van der Waals surface area contributed by atoms with Gasteiger partial charge in [-0.2, -0.15) is 0 Å². The first-order valence-electron chi connectivity index (χ1n) is 8.17. The van der Waals surface area contributed by atoms with Gasteiger partial charge in [-0.3, -0.25) is 9.79 Å². The lowest BCUT2D eigenvalue weighted by Crippen LogP contribution is -2.41. The molecule has 0 saturated heterocycles. The number of carbonyl (C=O) groups excluding carboxylic acids is 1. The summed E-state index contributed by atoms with van der Waals surface area (Å²) in [7, 11) is 0. The summed E-state index contributed by atoms with van der Waals surface area (Å²) in [5.41, 5.74) is 7.74. The third-order valence-electron chi connectivity index (χ3n) is 4.05. The van der Waals surface area contributed by atoms with Crippen molar-refractivity contribution in [3.05, 3.63) is 28.2 Å². The van der Waals surface area contributed by atoms with Crippen LogP contribution in [0.5, 0.6) is 0 Å². The summed E-state index contributed by atoms with van der Waals surface area (Å²) in [4.78, 5) is 16.2. The number of hydrogen-bond donors (Lipinski definition) is 3. The van der Waals surface area contributed by atoms with Crippen LogP contribution in [0.4, 0.5) is 5.69 Å². The number of nitrogens with zero attached hydrogens (tertiary/aromatic N) is 1.